The zero-order chi connectivity index (χ0) is 17.8. The van der Waals surface area contributed by atoms with E-state index in [1.165, 1.54) is 5.56 Å². The molecule has 3 rings (SSSR count). The van der Waals surface area contributed by atoms with Gasteiger partial charge in [-0.1, -0.05) is 44.2 Å². The van der Waals surface area contributed by atoms with E-state index in [-0.39, 0.29) is 6.03 Å². The Labute approximate surface area is 149 Å². The van der Waals surface area contributed by atoms with Crippen LogP contribution in [0.1, 0.15) is 31.1 Å². The molecule has 2 heterocycles. The molecule has 134 valence electrons. The molecule has 25 heavy (non-hydrogen) atoms. The van der Waals surface area contributed by atoms with Crippen molar-refractivity contribution in [3.05, 3.63) is 47.5 Å². The maximum absolute atomic E-state index is 12.6. The van der Waals surface area contributed by atoms with Crippen LogP contribution in [0.3, 0.4) is 0 Å². The highest BCUT2D eigenvalue weighted by Crippen LogP contribution is 2.17. The van der Waals surface area contributed by atoms with Gasteiger partial charge in [0.15, 0.2) is 0 Å². The maximum atomic E-state index is 12.6. The molecule has 0 aliphatic carbocycles. The molecule has 2 amide bonds. The average molecular weight is 341 g/mol. The van der Waals surface area contributed by atoms with Gasteiger partial charge in [0.2, 0.25) is 0 Å². The van der Waals surface area contributed by atoms with Crippen LogP contribution in [-0.4, -0.2) is 38.8 Å². The van der Waals surface area contributed by atoms with Gasteiger partial charge in [-0.05, 0) is 30.7 Å². The van der Waals surface area contributed by atoms with Gasteiger partial charge >= 0.3 is 6.03 Å². The van der Waals surface area contributed by atoms with Crippen LogP contribution < -0.4 is 5.32 Å². The number of aryl methyl sites for hydroxylation is 1. The van der Waals surface area contributed by atoms with Gasteiger partial charge in [-0.15, -0.1) is 0 Å². The molecule has 2 aromatic rings. The van der Waals surface area contributed by atoms with E-state index in [4.69, 9.17) is 0 Å². The lowest BCUT2D eigenvalue weighted by molar-refractivity contribution is 0.176. The zero-order valence-corrected chi connectivity index (χ0v) is 15.3. The van der Waals surface area contributed by atoms with E-state index in [2.05, 4.69) is 53.5 Å². The number of carbonyl (C=O) groups excluding carboxylic acids is 1. The van der Waals surface area contributed by atoms with Crippen molar-refractivity contribution in [2.75, 3.05) is 13.1 Å². The molecule has 0 saturated heterocycles. The first-order chi connectivity index (χ1) is 12.0. The first-order valence-electron chi connectivity index (χ1n) is 9.00. The SMILES string of the molecule is Cc1nc2n(n1)CCN(C(=O)NC[C@H](Cc1ccccc1)C(C)C)C2. The lowest BCUT2D eigenvalue weighted by Crippen LogP contribution is -2.46. The summed E-state index contributed by atoms with van der Waals surface area (Å²) in [6, 6.07) is 10.5. The summed E-state index contributed by atoms with van der Waals surface area (Å²) in [5.74, 6) is 2.55. The van der Waals surface area contributed by atoms with E-state index < -0.39 is 0 Å². The Morgan fingerprint density at radius 3 is 2.72 bits per heavy atom. The van der Waals surface area contributed by atoms with Gasteiger partial charge < -0.3 is 10.2 Å². The van der Waals surface area contributed by atoms with Gasteiger partial charge in [0.1, 0.15) is 11.6 Å². The van der Waals surface area contributed by atoms with Crippen molar-refractivity contribution >= 4 is 6.03 Å². The summed E-state index contributed by atoms with van der Waals surface area (Å²) < 4.78 is 1.89. The van der Waals surface area contributed by atoms with Crippen molar-refractivity contribution in [1.29, 1.82) is 0 Å². The average Bonchev–Trinajstić information content (AvgIpc) is 2.98. The molecular weight excluding hydrogens is 314 g/mol. The minimum absolute atomic E-state index is 0.00869. The normalized spacial score (nSPS) is 15.1. The number of nitrogens with zero attached hydrogens (tertiary/aromatic N) is 4. The summed E-state index contributed by atoms with van der Waals surface area (Å²) in [6.45, 7) is 8.91. The first kappa shape index (κ1) is 17.5. The molecule has 0 spiro atoms. The van der Waals surface area contributed by atoms with Crippen LogP contribution in [0.25, 0.3) is 0 Å². The van der Waals surface area contributed by atoms with Crippen LogP contribution in [0.4, 0.5) is 4.79 Å². The number of carbonyl (C=O) groups is 1. The van der Waals surface area contributed by atoms with Crippen molar-refractivity contribution in [3.63, 3.8) is 0 Å². The molecule has 0 radical (unpaired) electrons. The summed E-state index contributed by atoms with van der Waals surface area (Å²) >= 11 is 0. The third-order valence-electron chi connectivity index (χ3n) is 4.85. The monoisotopic (exact) mass is 341 g/mol. The smallest absolute Gasteiger partial charge is 0.317 e. The number of hydrogen-bond donors (Lipinski definition) is 1. The zero-order valence-electron chi connectivity index (χ0n) is 15.3. The molecule has 0 bridgehead atoms. The Morgan fingerprint density at radius 2 is 2.00 bits per heavy atom. The third-order valence-corrected chi connectivity index (χ3v) is 4.85. The van der Waals surface area contributed by atoms with E-state index in [1.54, 1.807) is 0 Å². The Bertz CT molecular complexity index is 710. The van der Waals surface area contributed by atoms with E-state index >= 15 is 0 Å². The summed E-state index contributed by atoms with van der Waals surface area (Å²) in [5, 5.41) is 7.46. The summed E-state index contributed by atoms with van der Waals surface area (Å²) in [6.07, 6.45) is 0.978. The van der Waals surface area contributed by atoms with E-state index in [0.717, 1.165) is 18.1 Å². The van der Waals surface area contributed by atoms with Gasteiger partial charge in [0.05, 0.1) is 13.1 Å². The molecule has 1 aromatic heterocycles. The van der Waals surface area contributed by atoms with Gasteiger partial charge in [0, 0.05) is 13.1 Å². The van der Waals surface area contributed by atoms with E-state index in [9.17, 15) is 4.79 Å². The number of benzene rings is 1. The lowest BCUT2D eigenvalue weighted by Gasteiger charge is -2.28. The second kappa shape index (κ2) is 7.68. The fraction of sp³-hybridized carbons (Fsp3) is 0.526. The predicted molar refractivity (Wildman–Crippen MR) is 97.0 cm³/mol. The molecule has 0 unspecified atom stereocenters. The number of hydrogen-bond acceptors (Lipinski definition) is 3. The highest BCUT2D eigenvalue weighted by atomic mass is 16.2. The number of amides is 2. The summed E-state index contributed by atoms with van der Waals surface area (Å²) in [4.78, 5) is 18.8. The van der Waals surface area contributed by atoms with E-state index in [1.807, 2.05) is 22.6 Å². The summed E-state index contributed by atoms with van der Waals surface area (Å²) in [7, 11) is 0. The largest absolute Gasteiger partial charge is 0.338 e. The van der Waals surface area contributed by atoms with Crippen LogP contribution in [0.5, 0.6) is 0 Å². The molecular formula is C19H27N5O. The maximum Gasteiger partial charge on any atom is 0.317 e. The fourth-order valence-electron chi connectivity index (χ4n) is 3.22. The fourth-order valence-corrected chi connectivity index (χ4v) is 3.22. The quantitative estimate of drug-likeness (QED) is 0.909. The lowest BCUT2D eigenvalue weighted by atomic mass is 9.89. The molecule has 0 saturated carbocycles. The highest BCUT2D eigenvalue weighted by Gasteiger charge is 2.24. The molecule has 0 fully saturated rings. The summed E-state index contributed by atoms with van der Waals surface area (Å²) in [5.41, 5.74) is 1.32. The Hall–Kier alpha value is -2.37. The van der Waals surface area contributed by atoms with Crippen molar-refractivity contribution in [1.82, 2.24) is 25.0 Å². The van der Waals surface area contributed by atoms with Crippen LogP contribution in [0.15, 0.2) is 30.3 Å². The van der Waals surface area contributed by atoms with Crippen molar-refractivity contribution < 1.29 is 4.79 Å². The van der Waals surface area contributed by atoms with Crippen molar-refractivity contribution in [2.24, 2.45) is 11.8 Å². The number of aromatic nitrogens is 3. The Morgan fingerprint density at radius 1 is 1.24 bits per heavy atom. The second-order valence-electron chi connectivity index (χ2n) is 7.10. The molecule has 6 heteroatoms. The van der Waals surface area contributed by atoms with Crippen molar-refractivity contribution in [3.8, 4) is 0 Å². The second-order valence-corrected chi connectivity index (χ2v) is 7.10. The van der Waals surface area contributed by atoms with Gasteiger partial charge in [0.25, 0.3) is 0 Å². The van der Waals surface area contributed by atoms with Crippen LogP contribution in [0, 0.1) is 18.8 Å². The minimum Gasteiger partial charge on any atom is -0.338 e. The van der Waals surface area contributed by atoms with Gasteiger partial charge in [-0.25, -0.2) is 14.5 Å². The van der Waals surface area contributed by atoms with Crippen LogP contribution in [0.2, 0.25) is 0 Å². The number of rotatable bonds is 5. The molecule has 6 nitrogen and oxygen atoms in total. The topological polar surface area (TPSA) is 63.1 Å². The van der Waals surface area contributed by atoms with Crippen LogP contribution >= 0.6 is 0 Å². The Kier molecular flexibility index (Phi) is 5.36. The number of fused-ring (bicyclic) bond motifs is 1. The van der Waals surface area contributed by atoms with E-state index in [0.29, 0.717) is 38.0 Å². The number of urea groups is 1. The van der Waals surface area contributed by atoms with Gasteiger partial charge in [-0.2, -0.15) is 5.10 Å². The predicted octanol–water partition coefficient (Wildman–Crippen LogP) is 2.63. The van der Waals surface area contributed by atoms with Gasteiger partial charge in [-0.3, -0.25) is 0 Å². The standard InChI is InChI=1S/C19H27N5O/c1-14(2)17(11-16-7-5-4-6-8-16)12-20-19(25)23-9-10-24-18(13-23)21-15(3)22-24/h4-8,14,17H,9-13H2,1-3H3,(H,20,25)/t17-/m0/s1. The number of nitrogens with one attached hydrogen (secondary N) is 1. The minimum atomic E-state index is -0.00869. The molecule has 1 aliphatic rings. The van der Waals surface area contributed by atoms with Crippen molar-refractivity contribution in [2.45, 2.75) is 40.3 Å². The highest BCUT2D eigenvalue weighted by molar-refractivity contribution is 5.74. The molecule has 1 N–H and O–H groups in total. The molecule has 1 aliphatic heterocycles. The Balaban J connectivity index is 1.55. The van der Waals surface area contributed by atoms with Crippen LogP contribution in [-0.2, 0) is 19.5 Å². The molecule has 1 atom stereocenters. The first-order valence-corrected chi connectivity index (χ1v) is 9.00. The third kappa shape index (κ3) is 4.38. The molecule has 1 aromatic carbocycles.